The van der Waals surface area contributed by atoms with Crippen LogP contribution in [0.2, 0.25) is 0 Å². The molecule has 3 nitrogen and oxygen atoms in total. The number of hydrogen-bond donors (Lipinski definition) is 1. The highest BCUT2D eigenvalue weighted by Gasteiger charge is 2.11. The Kier molecular flexibility index (Phi) is 6.98. The molecule has 0 unspecified atom stereocenters. The summed E-state index contributed by atoms with van der Waals surface area (Å²) in [6, 6.07) is 3.35. The van der Waals surface area contributed by atoms with Gasteiger partial charge in [-0.1, -0.05) is 13.8 Å². The summed E-state index contributed by atoms with van der Waals surface area (Å²) >= 11 is 0. The minimum absolute atomic E-state index is 0.0590. The molecule has 1 aromatic rings. The number of nitrogens with one attached hydrogen (secondary N) is 1. The standard InChI is InChI=1S/C15H22F2N2O/c1-3-9-19(10-4-2)15(20)7-8-18-14-6-5-12(16)11-13(14)17/h5-6,11,18H,3-4,7-10H2,1-2H3. The van der Waals surface area contributed by atoms with Gasteiger partial charge in [-0.3, -0.25) is 4.79 Å². The fourth-order valence-corrected chi connectivity index (χ4v) is 2.00. The van der Waals surface area contributed by atoms with Crippen LogP contribution in [0.25, 0.3) is 0 Å². The Morgan fingerprint density at radius 2 is 1.85 bits per heavy atom. The predicted molar refractivity (Wildman–Crippen MR) is 76.6 cm³/mol. The monoisotopic (exact) mass is 284 g/mol. The van der Waals surface area contributed by atoms with Crippen molar-refractivity contribution >= 4 is 11.6 Å². The van der Waals surface area contributed by atoms with Gasteiger partial charge >= 0.3 is 0 Å². The fourth-order valence-electron chi connectivity index (χ4n) is 2.00. The smallest absolute Gasteiger partial charge is 0.224 e. The molecule has 0 aliphatic heterocycles. The number of benzene rings is 1. The van der Waals surface area contributed by atoms with Gasteiger partial charge in [-0.15, -0.1) is 0 Å². The van der Waals surface area contributed by atoms with Gasteiger partial charge in [-0.2, -0.15) is 0 Å². The van der Waals surface area contributed by atoms with Gasteiger partial charge in [-0.25, -0.2) is 8.78 Å². The van der Waals surface area contributed by atoms with Crippen molar-refractivity contribution < 1.29 is 13.6 Å². The SMILES string of the molecule is CCCN(CCC)C(=O)CCNc1ccc(F)cc1F. The summed E-state index contributed by atoms with van der Waals surface area (Å²) in [5.74, 6) is -1.19. The van der Waals surface area contributed by atoms with Crippen LogP contribution in [0.1, 0.15) is 33.1 Å². The lowest BCUT2D eigenvalue weighted by atomic mass is 10.2. The molecule has 1 amide bonds. The topological polar surface area (TPSA) is 32.3 Å². The Bertz CT molecular complexity index is 432. The van der Waals surface area contributed by atoms with Crippen molar-refractivity contribution in [1.82, 2.24) is 4.90 Å². The third-order valence-corrected chi connectivity index (χ3v) is 2.93. The van der Waals surface area contributed by atoms with E-state index in [1.807, 2.05) is 18.7 Å². The Morgan fingerprint density at radius 1 is 1.20 bits per heavy atom. The first kappa shape index (κ1) is 16.4. The van der Waals surface area contributed by atoms with Crippen LogP contribution in [0.4, 0.5) is 14.5 Å². The van der Waals surface area contributed by atoms with E-state index in [2.05, 4.69) is 5.32 Å². The van der Waals surface area contributed by atoms with Crippen LogP contribution in [0, 0.1) is 11.6 Å². The summed E-state index contributed by atoms with van der Waals surface area (Å²) < 4.78 is 26.1. The highest BCUT2D eigenvalue weighted by atomic mass is 19.1. The molecule has 0 bridgehead atoms. The Morgan fingerprint density at radius 3 is 2.40 bits per heavy atom. The minimum Gasteiger partial charge on any atom is -0.382 e. The van der Waals surface area contributed by atoms with Crippen LogP contribution < -0.4 is 5.32 Å². The molecule has 0 saturated carbocycles. The third kappa shape index (κ3) is 5.15. The highest BCUT2D eigenvalue weighted by molar-refractivity contribution is 5.76. The lowest BCUT2D eigenvalue weighted by Crippen LogP contribution is -2.33. The molecule has 0 saturated heterocycles. The second kappa shape index (κ2) is 8.51. The largest absolute Gasteiger partial charge is 0.382 e. The molecule has 1 rings (SSSR count). The average Bonchev–Trinajstić information content (AvgIpc) is 2.41. The number of nitrogens with zero attached hydrogens (tertiary/aromatic N) is 1. The first-order chi connectivity index (χ1) is 9.58. The van der Waals surface area contributed by atoms with Crippen molar-refractivity contribution in [2.75, 3.05) is 25.0 Å². The van der Waals surface area contributed by atoms with E-state index in [0.717, 1.165) is 32.0 Å². The fraction of sp³-hybridized carbons (Fsp3) is 0.533. The zero-order valence-electron chi connectivity index (χ0n) is 12.1. The van der Waals surface area contributed by atoms with Gasteiger partial charge in [0.2, 0.25) is 5.91 Å². The van der Waals surface area contributed by atoms with Gasteiger partial charge in [-0.05, 0) is 25.0 Å². The normalized spacial score (nSPS) is 10.4. The van der Waals surface area contributed by atoms with E-state index in [9.17, 15) is 13.6 Å². The van der Waals surface area contributed by atoms with Gasteiger partial charge in [0.1, 0.15) is 11.6 Å². The second-order valence-electron chi connectivity index (χ2n) is 4.68. The van der Waals surface area contributed by atoms with Crippen LogP contribution in [0.3, 0.4) is 0 Å². The summed E-state index contributed by atoms with van der Waals surface area (Å²) in [5.41, 5.74) is 0.219. The number of carbonyl (C=O) groups is 1. The number of halogens is 2. The lowest BCUT2D eigenvalue weighted by Gasteiger charge is -2.21. The quantitative estimate of drug-likeness (QED) is 0.793. The van der Waals surface area contributed by atoms with Crippen LogP contribution >= 0.6 is 0 Å². The summed E-state index contributed by atoms with van der Waals surface area (Å²) in [6.07, 6.45) is 2.15. The number of carbonyl (C=O) groups excluding carboxylic acids is 1. The Labute approximate surface area is 119 Å². The number of anilines is 1. The van der Waals surface area contributed by atoms with Crippen molar-refractivity contribution in [3.8, 4) is 0 Å². The zero-order chi connectivity index (χ0) is 15.0. The van der Waals surface area contributed by atoms with E-state index in [1.54, 1.807) is 0 Å². The van der Waals surface area contributed by atoms with Gasteiger partial charge in [0.25, 0.3) is 0 Å². The molecular weight excluding hydrogens is 262 g/mol. The number of amides is 1. The van der Waals surface area contributed by atoms with Crippen molar-refractivity contribution in [3.05, 3.63) is 29.8 Å². The summed E-state index contributed by atoms with van der Waals surface area (Å²) in [6.45, 7) is 5.89. The summed E-state index contributed by atoms with van der Waals surface area (Å²) in [4.78, 5) is 13.8. The molecule has 0 aliphatic carbocycles. The van der Waals surface area contributed by atoms with E-state index in [-0.39, 0.29) is 11.6 Å². The number of hydrogen-bond acceptors (Lipinski definition) is 2. The maximum Gasteiger partial charge on any atom is 0.224 e. The van der Waals surface area contributed by atoms with Gasteiger partial charge in [0, 0.05) is 32.1 Å². The zero-order valence-corrected chi connectivity index (χ0v) is 12.1. The maximum absolute atomic E-state index is 13.4. The number of rotatable bonds is 8. The molecule has 20 heavy (non-hydrogen) atoms. The Balaban J connectivity index is 2.44. The van der Waals surface area contributed by atoms with Crippen molar-refractivity contribution in [1.29, 1.82) is 0 Å². The molecule has 0 aliphatic rings. The Hall–Kier alpha value is -1.65. The highest BCUT2D eigenvalue weighted by Crippen LogP contribution is 2.14. The second-order valence-corrected chi connectivity index (χ2v) is 4.68. The van der Waals surface area contributed by atoms with E-state index < -0.39 is 11.6 Å². The van der Waals surface area contributed by atoms with E-state index in [4.69, 9.17) is 0 Å². The molecule has 0 spiro atoms. The minimum atomic E-state index is -0.642. The molecule has 0 radical (unpaired) electrons. The molecule has 0 atom stereocenters. The molecule has 0 fully saturated rings. The van der Waals surface area contributed by atoms with Crippen molar-refractivity contribution in [3.63, 3.8) is 0 Å². The molecule has 0 heterocycles. The van der Waals surface area contributed by atoms with Gasteiger partial charge in [0.05, 0.1) is 5.69 Å². The first-order valence-electron chi connectivity index (χ1n) is 7.05. The molecule has 112 valence electrons. The van der Waals surface area contributed by atoms with Crippen molar-refractivity contribution in [2.45, 2.75) is 33.1 Å². The summed E-state index contributed by atoms with van der Waals surface area (Å²) in [5, 5.41) is 2.82. The van der Waals surface area contributed by atoms with Gasteiger partial charge < -0.3 is 10.2 Å². The third-order valence-electron chi connectivity index (χ3n) is 2.93. The predicted octanol–water partition coefficient (Wildman–Crippen LogP) is 3.42. The lowest BCUT2D eigenvalue weighted by molar-refractivity contribution is -0.131. The summed E-state index contributed by atoms with van der Waals surface area (Å²) in [7, 11) is 0. The van der Waals surface area contributed by atoms with E-state index >= 15 is 0 Å². The first-order valence-corrected chi connectivity index (χ1v) is 7.05. The molecule has 1 aromatic carbocycles. The van der Waals surface area contributed by atoms with E-state index in [0.29, 0.717) is 13.0 Å². The molecule has 5 heteroatoms. The molecule has 1 N–H and O–H groups in total. The van der Waals surface area contributed by atoms with Crippen LogP contribution in [-0.4, -0.2) is 30.4 Å². The van der Waals surface area contributed by atoms with E-state index in [1.165, 1.54) is 12.1 Å². The van der Waals surface area contributed by atoms with Crippen LogP contribution in [0.15, 0.2) is 18.2 Å². The van der Waals surface area contributed by atoms with Gasteiger partial charge in [0.15, 0.2) is 0 Å². The van der Waals surface area contributed by atoms with Crippen LogP contribution in [-0.2, 0) is 4.79 Å². The average molecular weight is 284 g/mol. The molecule has 0 aromatic heterocycles. The maximum atomic E-state index is 13.4. The molecular formula is C15H22F2N2O. The van der Waals surface area contributed by atoms with Crippen molar-refractivity contribution in [2.24, 2.45) is 0 Å². The van der Waals surface area contributed by atoms with Crippen LogP contribution in [0.5, 0.6) is 0 Å².